The first-order chi connectivity index (χ1) is 9.72. The Labute approximate surface area is 119 Å². The van der Waals surface area contributed by atoms with Gasteiger partial charge in [-0.3, -0.25) is 4.90 Å². The van der Waals surface area contributed by atoms with Crippen LogP contribution in [-0.4, -0.2) is 17.1 Å². The monoisotopic (exact) mass is 265 g/mol. The third kappa shape index (κ3) is 1.43. The number of hydrogen-bond donors (Lipinski definition) is 1. The molecule has 2 aliphatic rings. The van der Waals surface area contributed by atoms with Gasteiger partial charge >= 0.3 is 0 Å². The summed E-state index contributed by atoms with van der Waals surface area (Å²) in [5.74, 6) is 0.376. The molecule has 0 amide bonds. The lowest BCUT2D eigenvalue weighted by Crippen LogP contribution is -2.42. The number of fused-ring (bicyclic) bond motifs is 4. The van der Waals surface area contributed by atoms with Crippen molar-refractivity contribution in [2.75, 3.05) is 7.05 Å². The van der Waals surface area contributed by atoms with Gasteiger partial charge in [0.2, 0.25) is 0 Å². The van der Waals surface area contributed by atoms with Crippen molar-refractivity contribution in [3.05, 3.63) is 64.7 Å². The number of benzene rings is 2. The Morgan fingerprint density at radius 2 is 1.90 bits per heavy atom. The van der Waals surface area contributed by atoms with Crippen molar-refractivity contribution in [2.24, 2.45) is 0 Å². The highest BCUT2D eigenvalue weighted by Gasteiger charge is 2.46. The van der Waals surface area contributed by atoms with Gasteiger partial charge in [-0.15, -0.1) is 0 Å². The Morgan fingerprint density at radius 3 is 2.80 bits per heavy atom. The number of hydrogen-bond acceptors (Lipinski definition) is 2. The molecule has 0 aromatic heterocycles. The fourth-order valence-corrected chi connectivity index (χ4v) is 4.17. The molecular weight excluding hydrogens is 246 g/mol. The molecule has 2 heteroatoms. The van der Waals surface area contributed by atoms with Crippen LogP contribution in [-0.2, 0) is 18.5 Å². The maximum absolute atomic E-state index is 9.93. The Morgan fingerprint density at radius 1 is 1.05 bits per heavy atom. The number of phenols is 1. The fraction of sp³-hybridized carbons (Fsp3) is 0.333. The third-order valence-corrected chi connectivity index (χ3v) is 5.05. The van der Waals surface area contributed by atoms with E-state index in [9.17, 15) is 5.11 Å². The molecule has 4 rings (SSSR count). The van der Waals surface area contributed by atoms with Crippen LogP contribution in [0.15, 0.2) is 42.5 Å². The van der Waals surface area contributed by atoms with E-state index in [1.807, 2.05) is 6.07 Å². The quantitative estimate of drug-likeness (QED) is 0.789. The molecule has 0 fully saturated rings. The van der Waals surface area contributed by atoms with Crippen molar-refractivity contribution in [1.82, 2.24) is 4.90 Å². The lowest BCUT2D eigenvalue weighted by molar-refractivity contribution is 0.156. The molecule has 2 aromatic rings. The van der Waals surface area contributed by atoms with Crippen LogP contribution in [0, 0.1) is 0 Å². The number of aromatic hydroxyl groups is 1. The third-order valence-electron chi connectivity index (χ3n) is 5.05. The van der Waals surface area contributed by atoms with Gasteiger partial charge in [0.1, 0.15) is 5.75 Å². The molecular formula is C18H19NO. The maximum Gasteiger partial charge on any atom is 0.115 e. The number of phenolic OH excluding ortho intramolecular Hbond substituents is 1. The highest BCUT2D eigenvalue weighted by molar-refractivity contribution is 5.52. The van der Waals surface area contributed by atoms with Gasteiger partial charge in [-0.2, -0.15) is 0 Å². The van der Waals surface area contributed by atoms with Crippen molar-refractivity contribution in [3.8, 4) is 5.75 Å². The Bertz CT molecular complexity index is 679. The van der Waals surface area contributed by atoms with Gasteiger partial charge in [-0.05, 0) is 60.7 Å². The van der Waals surface area contributed by atoms with E-state index in [0.29, 0.717) is 5.75 Å². The van der Waals surface area contributed by atoms with Gasteiger partial charge in [0, 0.05) is 6.54 Å². The SMILES string of the molecule is CN1Cc2ccc(O)cc2C12CCCc1ccccc12. The Kier molecular flexibility index (Phi) is 2.45. The standard InChI is InChI=1S/C18H19NO/c1-19-12-14-8-9-15(20)11-17(14)18(19)10-4-6-13-5-2-3-7-16(13)18/h2-3,5,7-9,11,20H,4,6,10,12H2,1H3. The van der Waals surface area contributed by atoms with Crippen LogP contribution in [0.5, 0.6) is 5.75 Å². The predicted octanol–water partition coefficient (Wildman–Crippen LogP) is 3.42. The largest absolute Gasteiger partial charge is 0.508 e. The topological polar surface area (TPSA) is 23.5 Å². The summed E-state index contributed by atoms with van der Waals surface area (Å²) in [6.07, 6.45) is 3.51. The lowest BCUT2D eigenvalue weighted by atomic mass is 9.72. The average Bonchev–Trinajstić information content (AvgIpc) is 2.73. The van der Waals surface area contributed by atoms with Crippen LogP contribution >= 0.6 is 0 Å². The molecule has 2 aromatic carbocycles. The van der Waals surface area contributed by atoms with E-state index < -0.39 is 0 Å². The number of rotatable bonds is 0. The van der Waals surface area contributed by atoms with E-state index in [1.165, 1.54) is 35.1 Å². The van der Waals surface area contributed by atoms with Crippen molar-refractivity contribution in [2.45, 2.75) is 31.3 Å². The smallest absolute Gasteiger partial charge is 0.115 e. The summed E-state index contributed by atoms with van der Waals surface area (Å²) in [6.45, 7) is 0.962. The van der Waals surface area contributed by atoms with Crippen LogP contribution in [0.4, 0.5) is 0 Å². The van der Waals surface area contributed by atoms with E-state index in [1.54, 1.807) is 6.07 Å². The molecule has 1 aliphatic carbocycles. The van der Waals surface area contributed by atoms with Crippen LogP contribution in [0.25, 0.3) is 0 Å². The van der Waals surface area contributed by atoms with Gasteiger partial charge in [-0.25, -0.2) is 0 Å². The minimum absolute atomic E-state index is 0.0388. The summed E-state index contributed by atoms with van der Waals surface area (Å²) in [6, 6.07) is 14.7. The molecule has 0 radical (unpaired) electrons. The van der Waals surface area contributed by atoms with E-state index in [4.69, 9.17) is 0 Å². The highest BCUT2D eigenvalue weighted by atomic mass is 16.3. The van der Waals surface area contributed by atoms with E-state index in [2.05, 4.69) is 42.3 Å². The molecule has 102 valence electrons. The van der Waals surface area contributed by atoms with Crippen molar-refractivity contribution < 1.29 is 5.11 Å². The molecule has 0 saturated heterocycles. The van der Waals surface area contributed by atoms with Gasteiger partial charge in [0.05, 0.1) is 5.54 Å². The first-order valence-corrected chi connectivity index (χ1v) is 7.34. The second-order valence-corrected chi connectivity index (χ2v) is 6.07. The van der Waals surface area contributed by atoms with Crippen LogP contribution in [0.1, 0.15) is 35.1 Å². The van der Waals surface area contributed by atoms with Crippen LogP contribution in [0.3, 0.4) is 0 Å². The minimum Gasteiger partial charge on any atom is -0.508 e. The summed E-state index contributed by atoms with van der Waals surface area (Å²) >= 11 is 0. The molecule has 1 heterocycles. The molecule has 0 bridgehead atoms. The molecule has 2 nitrogen and oxygen atoms in total. The maximum atomic E-state index is 9.93. The molecule has 1 atom stereocenters. The number of aryl methyl sites for hydroxylation is 1. The van der Waals surface area contributed by atoms with Gasteiger partial charge in [-0.1, -0.05) is 30.3 Å². The van der Waals surface area contributed by atoms with Gasteiger partial charge in [0.25, 0.3) is 0 Å². The summed E-state index contributed by atoms with van der Waals surface area (Å²) in [4.78, 5) is 2.45. The first-order valence-electron chi connectivity index (χ1n) is 7.34. The zero-order valence-electron chi connectivity index (χ0n) is 11.8. The van der Waals surface area contributed by atoms with Gasteiger partial charge in [0.15, 0.2) is 0 Å². The summed E-state index contributed by atoms with van der Waals surface area (Å²) < 4.78 is 0. The lowest BCUT2D eigenvalue weighted by Gasteiger charge is -2.42. The van der Waals surface area contributed by atoms with E-state index in [0.717, 1.165) is 13.0 Å². The zero-order valence-corrected chi connectivity index (χ0v) is 11.8. The first kappa shape index (κ1) is 12.0. The minimum atomic E-state index is -0.0388. The van der Waals surface area contributed by atoms with Crippen molar-refractivity contribution in [3.63, 3.8) is 0 Å². The molecule has 0 saturated carbocycles. The fourth-order valence-electron chi connectivity index (χ4n) is 4.17. The number of nitrogens with zero attached hydrogens (tertiary/aromatic N) is 1. The molecule has 1 N–H and O–H groups in total. The van der Waals surface area contributed by atoms with Crippen LogP contribution in [0.2, 0.25) is 0 Å². The predicted molar refractivity (Wildman–Crippen MR) is 79.7 cm³/mol. The summed E-state index contributed by atoms with van der Waals surface area (Å²) in [5, 5.41) is 9.93. The second-order valence-electron chi connectivity index (χ2n) is 6.07. The summed E-state index contributed by atoms with van der Waals surface area (Å²) in [7, 11) is 2.21. The molecule has 1 spiro atoms. The zero-order chi connectivity index (χ0) is 13.7. The van der Waals surface area contributed by atoms with E-state index in [-0.39, 0.29) is 5.54 Å². The van der Waals surface area contributed by atoms with Crippen molar-refractivity contribution >= 4 is 0 Å². The average molecular weight is 265 g/mol. The van der Waals surface area contributed by atoms with E-state index >= 15 is 0 Å². The summed E-state index contributed by atoms with van der Waals surface area (Å²) in [5.41, 5.74) is 5.50. The van der Waals surface area contributed by atoms with Crippen LogP contribution < -0.4 is 0 Å². The van der Waals surface area contributed by atoms with Crippen molar-refractivity contribution in [1.29, 1.82) is 0 Å². The molecule has 1 unspecified atom stereocenters. The highest BCUT2D eigenvalue weighted by Crippen LogP contribution is 2.50. The molecule has 1 aliphatic heterocycles. The van der Waals surface area contributed by atoms with Gasteiger partial charge < -0.3 is 5.11 Å². The molecule has 20 heavy (non-hydrogen) atoms. The second kappa shape index (κ2) is 4.10. The normalized spacial score (nSPS) is 24.6. The Hall–Kier alpha value is -1.80. The Balaban J connectivity index is 2.01.